The molecule has 1 aromatic heterocycles. The number of halogens is 1. The number of hydrogen-bond donors (Lipinski definition) is 0. The minimum absolute atomic E-state index is 0.203. The fourth-order valence-electron chi connectivity index (χ4n) is 4.09. The summed E-state index contributed by atoms with van der Waals surface area (Å²) in [4.78, 5) is 4.81. The molecule has 32 heavy (non-hydrogen) atoms. The van der Waals surface area contributed by atoms with E-state index in [-0.39, 0.29) is 10.7 Å². The highest BCUT2D eigenvalue weighted by Crippen LogP contribution is 2.38. The fourth-order valence-corrected chi connectivity index (χ4v) is 5.74. The van der Waals surface area contributed by atoms with E-state index in [0.717, 1.165) is 11.1 Å². The number of nitrogens with zero attached hydrogens (tertiary/aromatic N) is 2. The van der Waals surface area contributed by atoms with Crippen molar-refractivity contribution in [2.45, 2.75) is 23.8 Å². The van der Waals surface area contributed by atoms with Gasteiger partial charge in [0.2, 0.25) is 15.9 Å². The predicted molar refractivity (Wildman–Crippen MR) is 118 cm³/mol. The third kappa shape index (κ3) is 3.65. The van der Waals surface area contributed by atoms with E-state index >= 15 is 0 Å². The second kappa shape index (κ2) is 8.03. The molecule has 5 rings (SSSR count). The average molecular weight is 453 g/mol. The van der Waals surface area contributed by atoms with Crippen molar-refractivity contribution < 1.29 is 22.0 Å². The van der Waals surface area contributed by atoms with Gasteiger partial charge >= 0.3 is 0 Å². The van der Waals surface area contributed by atoms with Crippen LogP contribution >= 0.6 is 0 Å². The van der Waals surface area contributed by atoms with E-state index in [1.54, 1.807) is 36.4 Å². The van der Waals surface area contributed by atoms with Gasteiger partial charge in [-0.25, -0.2) is 17.8 Å². The van der Waals surface area contributed by atoms with Gasteiger partial charge in [-0.2, -0.15) is 4.31 Å². The molecule has 1 aliphatic rings. The molecule has 8 heteroatoms. The molecule has 1 saturated heterocycles. The molecule has 0 N–H and O–H groups in total. The lowest BCUT2D eigenvalue weighted by atomic mass is 10.1. The van der Waals surface area contributed by atoms with Crippen molar-refractivity contribution in [1.29, 1.82) is 0 Å². The molecular formula is C24H21FN2O4S. The monoisotopic (exact) mass is 452 g/mol. The lowest BCUT2D eigenvalue weighted by molar-refractivity contribution is 0.337. The second-order valence-corrected chi connectivity index (χ2v) is 9.58. The van der Waals surface area contributed by atoms with Crippen molar-refractivity contribution >= 4 is 21.1 Å². The molecule has 2 heterocycles. The van der Waals surface area contributed by atoms with Gasteiger partial charge in [0.15, 0.2) is 5.58 Å². The van der Waals surface area contributed by atoms with Gasteiger partial charge in [-0.15, -0.1) is 0 Å². The summed E-state index contributed by atoms with van der Waals surface area (Å²) in [5.74, 6) is 0.648. The van der Waals surface area contributed by atoms with Gasteiger partial charge in [-0.1, -0.05) is 18.2 Å². The number of oxazole rings is 1. The molecule has 0 spiro atoms. The maximum atomic E-state index is 13.6. The third-order valence-electron chi connectivity index (χ3n) is 5.72. The van der Waals surface area contributed by atoms with Crippen molar-refractivity contribution in [3.63, 3.8) is 0 Å². The van der Waals surface area contributed by atoms with E-state index in [2.05, 4.69) is 4.98 Å². The number of benzene rings is 3. The Kier molecular flexibility index (Phi) is 5.19. The Labute approximate surface area is 185 Å². The summed E-state index contributed by atoms with van der Waals surface area (Å²) >= 11 is 0. The van der Waals surface area contributed by atoms with Crippen LogP contribution in [-0.2, 0) is 10.0 Å². The molecule has 1 fully saturated rings. The maximum Gasteiger partial charge on any atom is 0.243 e. The van der Waals surface area contributed by atoms with E-state index in [1.807, 2.05) is 18.2 Å². The van der Waals surface area contributed by atoms with Gasteiger partial charge in [-0.3, -0.25) is 0 Å². The summed E-state index contributed by atoms with van der Waals surface area (Å²) in [6, 6.07) is 17.7. The normalized spacial score (nSPS) is 17.1. The topological polar surface area (TPSA) is 72.6 Å². The van der Waals surface area contributed by atoms with Crippen LogP contribution in [-0.4, -0.2) is 31.4 Å². The van der Waals surface area contributed by atoms with Crippen LogP contribution in [0, 0.1) is 5.82 Å². The average Bonchev–Trinajstić information content (AvgIpc) is 3.46. The number of hydrogen-bond acceptors (Lipinski definition) is 5. The van der Waals surface area contributed by atoms with Gasteiger partial charge < -0.3 is 9.15 Å². The SMILES string of the molecule is COc1ccc(S(=O)(=O)N2CCCC2c2nc3cc(-c4cccc(F)c4)ccc3o2)cc1. The number of ether oxygens (including phenoxy) is 1. The van der Waals surface area contributed by atoms with E-state index in [1.165, 1.54) is 23.5 Å². The molecule has 164 valence electrons. The van der Waals surface area contributed by atoms with Crippen LogP contribution in [0.5, 0.6) is 5.75 Å². The van der Waals surface area contributed by atoms with E-state index in [4.69, 9.17) is 9.15 Å². The zero-order valence-corrected chi connectivity index (χ0v) is 18.2. The fraction of sp³-hybridized carbons (Fsp3) is 0.208. The highest BCUT2D eigenvalue weighted by molar-refractivity contribution is 7.89. The summed E-state index contributed by atoms with van der Waals surface area (Å²) in [6.07, 6.45) is 1.34. The molecule has 0 aliphatic carbocycles. The summed E-state index contributed by atoms with van der Waals surface area (Å²) in [5.41, 5.74) is 2.72. The molecule has 0 bridgehead atoms. The molecule has 0 radical (unpaired) electrons. The van der Waals surface area contributed by atoms with Crippen LogP contribution in [0.4, 0.5) is 4.39 Å². The van der Waals surface area contributed by atoms with Crippen molar-refractivity contribution in [3.8, 4) is 16.9 Å². The highest BCUT2D eigenvalue weighted by atomic mass is 32.2. The largest absolute Gasteiger partial charge is 0.497 e. The first kappa shape index (κ1) is 20.7. The standard InChI is InChI=1S/C24H21FN2O4S/c1-30-19-8-10-20(11-9-19)32(28,29)27-13-3-6-22(27)24-26-21-15-17(7-12-23(21)31-24)16-4-2-5-18(25)14-16/h2,4-5,7-12,14-15,22H,3,6,13H2,1H3. The van der Waals surface area contributed by atoms with E-state index < -0.39 is 16.1 Å². The molecule has 0 saturated carbocycles. The van der Waals surface area contributed by atoms with Gasteiger partial charge in [0.25, 0.3) is 0 Å². The smallest absolute Gasteiger partial charge is 0.243 e. The van der Waals surface area contributed by atoms with Crippen LogP contribution in [0.25, 0.3) is 22.2 Å². The Morgan fingerprint density at radius 2 is 1.84 bits per heavy atom. The molecule has 6 nitrogen and oxygen atoms in total. The molecule has 4 aromatic rings. The number of fused-ring (bicyclic) bond motifs is 1. The summed E-state index contributed by atoms with van der Waals surface area (Å²) in [6.45, 7) is 0.395. The molecule has 0 amide bonds. The second-order valence-electron chi connectivity index (χ2n) is 7.69. The Morgan fingerprint density at radius 1 is 1.06 bits per heavy atom. The first-order chi connectivity index (χ1) is 15.5. The maximum absolute atomic E-state index is 13.6. The number of rotatable bonds is 5. The van der Waals surface area contributed by atoms with Crippen molar-refractivity contribution in [3.05, 3.63) is 78.4 Å². The van der Waals surface area contributed by atoms with Gasteiger partial charge in [0.05, 0.1) is 12.0 Å². The Balaban J connectivity index is 1.48. The number of aromatic nitrogens is 1. The van der Waals surface area contributed by atoms with E-state index in [9.17, 15) is 12.8 Å². The zero-order chi connectivity index (χ0) is 22.3. The lowest BCUT2D eigenvalue weighted by Gasteiger charge is -2.21. The van der Waals surface area contributed by atoms with Crippen LogP contribution in [0.2, 0.25) is 0 Å². The predicted octanol–water partition coefficient (Wildman–Crippen LogP) is 5.17. The molecule has 3 aromatic carbocycles. The van der Waals surface area contributed by atoms with Crippen LogP contribution in [0.1, 0.15) is 24.8 Å². The summed E-state index contributed by atoms with van der Waals surface area (Å²) < 4.78 is 52.7. The Bertz CT molecular complexity index is 1380. The lowest BCUT2D eigenvalue weighted by Crippen LogP contribution is -2.30. The van der Waals surface area contributed by atoms with Crippen molar-refractivity contribution in [2.24, 2.45) is 0 Å². The van der Waals surface area contributed by atoms with Crippen LogP contribution < -0.4 is 4.74 Å². The van der Waals surface area contributed by atoms with Crippen LogP contribution in [0.15, 0.2) is 76.0 Å². The summed E-state index contributed by atoms with van der Waals surface area (Å²) in [5, 5.41) is 0. The molecular weight excluding hydrogens is 431 g/mol. The summed E-state index contributed by atoms with van der Waals surface area (Å²) in [7, 11) is -2.18. The minimum Gasteiger partial charge on any atom is -0.497 e. The Hall–Kier alpha value is -3.23. The number of sulfonamides is 1. The first-order valence-electron chi connectivity index (χ1n) is 10.3. The van der Waals surface area contributed by atoms with Gasteiger partial charge in [-0.05, 0) is 72.5 Å². The number of methoxy groups -OCH3 is 1. The third-order valence-corrected chi connectivity index (χ3v) is 7.64. The first-order valence-corrected chi connectivity index (χ1v) is 11.7. The van der Waals surface area contributed by atoms with Crippen molar-refractivity contribution in [2.75, 3.05) is 13.7 Å². The zero-order valence-electron chi connectivity index (χ0n) is 17.4. The highest BCUT2D eigenvalue weighted by Gasteiger charge is 2.39. The quantitative estimate of drug-likeness (QED) is 0.418. The van der Waals surface area contributed by atoms with Gasteiger partial charge in [0.1, 0.15) is 23.1 Å². The molecule has 1 unspecified atom stereocenters. The van der Waals surface area contributed by atoms with Crippen molar-refractivity contribution in [1.82, 2.24) is 9.29 Å². The Morgan fingerprint density at radius 3 is 2.59 bits per heavy atom. The molecule has 1 aliphatic heterocycles. The minimum atomic E-state index is -3.72. The van der Waals surface area contributed by atoms with Crippen LogP contribution in [0.3, 0.4) is 0 Å². The molecule has 1 atom stereocenters. The van der Waals surface area contributed by atoms with Gasteiger partial charge in [0, 0.05) is 6.54 Å². The van der Waals surface area contributed by atoms with E-state index in [0.29, 0.717) is 42.1 Å².